The highest BCUT2D eigenvalue weighted by Gasteiger charge is 2.49. The Balaban J connectivity index is 2.52. The number of hydrogen-bond donors (Lipinski definition) is 0. The summed E-state index contributed by atoms with van der Waals surface area (Å²) in [4.78, 5) is 4.10. The van der Waals surface area contributed by atoms with Crippen molar-refractivity contribution < 1.29 is 13.3 Å². The fourth-order valence-electron chi connectivity index (χ4n) is 2.20. The van der Waals surface area contributed by atoms with Crippen LogP contribution in [0, 0.1) is 0 Å². The first-order valence-electron chi connectivity index (χ1n) is 5.95. The molecule has 0 aliphatic rings. The van der Waals surface area contributed by atoms with Gasteiger partial charge in [0.15, 0.2) is 0 Å². The highest BCUT2D eigenvalue weighted by molar-refractivity contribution is 6.62. The summed E-state index contributed by atoms with van der Waals surface area (Å²) in [5.41, 5.74) is 0.911. The van der Waals surface area contributed by atoms with Gasteiger partial charge in [-0.3, -0.25) is 0 Å². The smallest absolute Gasteiger partial charge is 0.375 e. The Hall–Kier alpha value is -1.47. The zero-order valence-electron chi connectivity index (χ0n) is 11.3. The van der Waals surface area contributed by atoms with Gasteiger partial charge in [-0.25, -0.2) is 4.98 Å². The SMILES string of the molecule is CO[Si](OC)(OC)C(c1ccccc1)n1ccnc1. The molecule has 1 atom stereocenters. The Morgan fingerprint density at radius 1 is 1.05 bits per heavy atom. The Morgan fingerprint density at radius 3 is 2.16 bits per heavy atom. The van der Waals surface area contributed by atoms with E-state index in [4.69, 9.17) is 13.3 Å². The lowest BCUT2D eigenvalue weighted by Gasteiger charge is -2.33. The molecule has 1 aromatic heterocycles. The van der Waals surface area contributed by atoms with Gasteiger partial charge in [0.05, 0.1) is 6.33 Å². The first kappa shape index (κ1) is 13.9. The van der Waals surface area contributed by atoms with E-state index < -0.39 is 8.80 Å². The number of aromatic nitrogens is 2. The van der Waals surface area contributed by atoms with Crippen LogP contribution in [-0.2, 0) is 13.3 Å². The van der Waals surface area contributed by atoms with Crippen molar-refractivity contribution >= 4 is 8.80 Å². The first-order valence-corrected chi connectivity index (χ1v) is 7.75. The van der Waals surface area contributed by atoms with Crippen LogP contribution in [0.2, 0.25) is 0 Å². The molecule has 0 aliphatic heterocycles. The molecule has 0 saturated carbocycles. The first-order chi connectivity index (χ1) is 9.27. The van der Waals surface area contributed by atoms with Crippen LogP contribution in [0.3, 0.4) is 0 Å². The van der Waals surface area contributed by atoms with Crippen LogP contribution < -0.4 is 0 Å². The molecule has 0 fully saturated rings. The molecule has 1 heterocycles. The molecule has 0 saturated heterocycles. The van der Waals surface area contributed by atoms with E-state index in [1.807, 2.05) is 41.1 Å². The fraction of sp³-hybridized carbons (Fsp3) is 0.308. The minimum atomic E-state index is -2.87. The van der Waals surface area contributed by atoms with Gasteiger partial charge in [-0.2, -0.15) is 0 Å². The van der Waals surface area contributed by atoms with E-state index in [0.717, 1.165) is 5.56 Å². The standard InChI is InChI=1S/C13H18N2O3Si/c1-16-19(17-2,18-3)13(15-10-9-14-11-15)12-7-5-4-6-8-12/h4-11,13H,1-3H3. The number of rotatable bonds is 6. The van der Waals surface area contributed by atoms with Gasteiger partial charge >= 0.3 is 8.80 Å². The molecule has 102 valence electrons. The largest absolute Gasteiger partial charge is 0.529 e. The van der Waals surface area contributed by atoms with Gasteiger partial charge in [-0.15, -0.1) is 0 Å². The van der Waals surface area contributed by atoms with Crippen molar-refractivity contribution in [3.63, 3.8) is 0 Å². The number of imidazole rings is 1. The normalized spacial score (nSPS) is 13.4. The van der Waals surface area contributed by atoms with Gasteiger partial charge in [0, 0.05) is 33.7 Å². The zero-order valence-corrected chi connectivity index (χ0v) is 12.3. The maximum atomic E-state index is 5.62. The van der Waals surface area contributed by atoms with Gasteiger partial charge in [0.1, 0.15) is 5.67 Å². The molecule has 0 amide bonds. The maximum absolute atomic E-state index is 5.62. The van der Waals surface area contributed by atoms with Crippen LogP contribution in [0.5, 0.6) is 0 Å². The third-order valence-electron chi connectivity index (χ3n) is 3.13. The summed E-state index contributed by atoms with van der Waals surface area (Å²) in [6.45, 7) is 0. The number of hydrogen-bond acceptors (Lipinski definition) is 4. The molecule has 5 nitrogen and oxygen atoms in total. The molecular formula is C13H18N2O3Si. The second-order valence-electron chi connectivity index (χ2n) is 4.04. The highest BCUT2D eigenvalue weighted by atomic mass is 28.4. The summed E-state index contributed by atoms with van der Waals surface area (Å²) >= 11 is 0. The lowest BCUT2D eigenvalue weighted by atomic mass is 10.2. The van der Waals surface area contributed by atoms with Crippen LogP contribution in [-0.4, -0.2) is 39.7 Å². The Kier molecular flexibility index (Phi) is 4.49. The molecule has 2 aromatic rings. The predicted molar refractivity (Wildman–Crippen MR) is 73.6 cm³/mol. The summed E-state index contributed by atoms with van der Waals surface area (Å²) in [5, 5.41) is 0. The van der Waals surface area contributed by atoms with Crippen LogP contribution in [0.15, 0.2) is 49.1 Å². The maximum Gasteiger partial charge on any atom is 0.529 e. The van der Waals surface area contributed by atoms with Crippen molar-refractivity contribution in [2.45, 2.75) is 5.67 Å². The van der Waals surface area contributed by atoms with Crippen LogP contribution in [0.25, 0.3) is 0 Å². The average molecular weight is 278 g/mol. The van der Waals surface area contributed by atoms with Crippen molar-refractivity contribution in [3.8, 4) is 0 Å². The third kappa shape index (κ3) is 2.61. The molecule has 6 heteroatoms. The molecule has 19 heavy (non-hydrogen) atoms. The molecule has 2 rings (SSSR count). The second kappa shape index (κ2) is 6.11. The van der Waals surface area contributed by atoms with Gasteiger partial charge in [0.2, 0.25) is 0 Å². The van der Waals surface area contributed by atoms with E-state index >= 15 is 0 Å². The summed E-state index contributed by atoms with van der Waals surface area (Å²) in [5.74, 6) is 0. The quantitative estimate of drug-likeness (QED) is 0.757. The molecule has 0 aliphatic carbocycles. The monoisotopic (exact) mass is 278 g/mol. The third-order valence-corrected chi connectivity index (χ3v) is 6.14. The molecule has 0 bridgehead atoms. The molecule has 1 aromatic carbocycles. The van der Waals surface area contributed by atoms with Crippen molar-refractivity contribution in [2.75, 3.05) is 21.3 Å². The van der Waals surface area contributed by atoms with E-state index in [-0.39, 0.29) is 5.67 Å². The van der Waals surface area contributed by atoms with Crippen molar-refractivity contribution in [2.24, 2.45) is 0 Å². The van der Waals surface area contributed by atoms with E-state index in [1.54, 1.807) is 33.9 Å². The highest BCUT2D eigenvalue weighted by Crippen LogP contribution is 2.30. The lowest BCUT2D eigenvalue weighted by molar-refractivity contribution is 0.108. The number of nitrogens with zero attached hydrogens (tertiary/aromatic N) is 2. The van der Waals surface area contributed by atoms with Gasteiger partial charge in [-0.1, -0.05) is 30.3 Å². The Bertz CT molecular complexity index is 478. The summed E-state index contributed by atoms with van der Waals surface area (Å²) in [6, 6.07) is 10.0. The molecule has 0 radical (unpaired) electrons. The van der Waals surface area contributed by atoms with Crippen molar-refractivity contribution in [3.05, 3.63) is 54.6 Å². The van der Waals surface area contributed by atoms with Gasteiger partial charge in [-0.05, 0) is 5.56 Å². The lowest BCUT2D eigenvalue weighted by Crippen LogP contribution is -2.51. The van der Waals surface area contributed by atoms with Crippen molar-refractivity contribution in [1.29, 1.82) is 0 Å². The van der Waals surface area contributed by atoms with Gasteiger partial charge in [0.25, 0.3) is 0 Å². The average Bonchev–Trinajstić information content (AvgIpc) is 2.99. The fourth-order valence-corrected chi connectivity index (χ4v) is 4.49. The molecule has 0 spiro atoms. The topological polar surface area (TPSA) is 45.5 Å². The zero-order chi connectivity index (χ0) is 13.7. The summed E-state index contributed by atoms with van der Waals surface area (Å²) in [7, 11) is 1.98. The predicted octanol–water partition coefficient (Wildman–Crippen LogP) is 1.89. The number of benzene rings is 1. The van der Waals surface area contributed by atoms with E-state index in [9.17, 15) is 0 Å². The van der Waals surface area contributed by atoms with E-state index in [0.29, 0.717) is 0 Å². The van der Waals surface area contributed by atoms with Crippen LogP contribution >= 0.6 is 0 Å². The summed E-state index contributed by atoms with van der Waals surface area (Å²) in [6.07, 6.45) is 5.36. The Morgan fingerprint density at radius 2 is 1.68 bits per heavy atom. The van der Waals surface area contributed by atoms with Gasteiger partial charge < -0.3 is 17.8 Å². The van der Waals surface area contributed by atoms with Crippen LogP contribution in [0.1, 0.15) is 11.2 Å². The van der Waals surface area contributed by atoms with E-state index in [2.05, 4.69) is 4.98 Å². The van der Waals surface area contributed by atoms with E-state index in [1.165, 1.54) is 0 Å². The molecule has 0 N–H and O–H groups in total. The van der Waals surface area contributed by atoms with Crippen LogP contribution in [0.4, 0.5) is 0 Å². The minimum Gasteiger partial charge on any atom is -0.375 e. The van der Waals surface area contributed by atoms with Crippen molar-refractivity contribution in [1.82, 2.24) is 9.55 Å². The Labute approximate surface area is 114 Å². The molecular weight excluding hydrogens is 260 g/mol. The molecule has 1 unspecified atom stereocenters. The summed E-state index contributed by atoms with van der Waals surface area (Å²) < 4.78 is 18.8. The second-order valence-corrected chi connectivity index (χ2v) is 7.02. The minimum absolute atomic E-state index is 0.156.